The highest BCUT2D eigenvalue weighted by Crippen LogP contribution is 2.38. The summed E-state index contributed by atoms with van der Waals surface area (Å²) in [5.74, 6) is 2.23. The number of hydrogen-bond donors (Lipinski definition) is 3. The van der Waals surface area contributed by atoms with Crippen LogP contribution in [0.25, 0.3) is 0 Å². The summed E-state index contributed by atoms with van der Waals surface area (Å²) in [5, 5.41) is 6.25. The third kappa shape index (κ3) is 7.26. The third-order valence-corrected chi connectivity index (χ3v) is 6.61. The van der Waals surface area contributed by atoms with Crippen molar-refractivity contribution in [3.63, 3.8) is 0 Å². The van der Waals surface area contributed by atoms with Crippen LogP contribution in [-0.2, 0) is 9.59 Å². The van der Waals surface area contributed by atoms with Crippen LogP contribution < -0.4 is 16.4 Å². The zero-order valence-electron chi connectivity index (χ0n) is 17.3. The molecule has 2 aliphatic rings. The number of carbonyl (C=O) groups is 2. The van der Waals surface area contributed by atoms with E-state index in [-0.39, 0.29) is 42.7 Å². The molecule has 2 aliphatic carbocycles. The number of nitrogens with one attached hydrogen (secondary N) is 2. The van der Waals surface area contributed by atoms with Crippen molar-refractivity contribution < 1.29 is 9.59 Å². The van der Waals surface area contributed by atoms with Crippen molar-refractivity contribution in [3.8, 4) is 0 Å². The Labute approximate surface area is 171 Å². The van der Waals surface area contributed by atoms with E-state index in [2.05, 4.69) is 31.4 Å². The monoisotopic (exact) mass is 401 g/mol. The molecule has 2 fully saturated rings. The first-order chi connectivity index (χ1) is 12.4. The third-order valence-electron chi connectivity index (χ3n) is 6.61. The van der Waals surface area contributed by atoms with Gasteiger partial charge < -0.3 is 16.4 Å². The molecule has 4 atom stereocenters. The first-order valence-corrected chi connectivity index (χ1v) is 10.7. The van der Waals surface area contributed by atoms with Gasteiger partial charge in [0, 0.05) is 18.5 Å². The van der Waals surface area contributed by atoms with Gasteiger partial charge in [0.1, 0.15) is 0 Å². The van der Waals surface area contributed by atoms with Gasteiger partial charge >= 0.3 is 0 Å². The summed E-state index contributed by atoms with van der Waals surface area (Å²) in [6, 6.07) is 0.00816. The Morgan fingerprint density at radius 2 is 1.74 bits per heavy atom. The zero-order chi connectivity index (χ0) is 19.1. The fourth-order valence-corrected chi connectivity index (χ4v) is 4.98. The maximum atomic E-state index is 13.0. The van der Waals surface area contributed by atoms with E-state index < -0.39 is 0 Å². The van der Waals surface area contributed by atoms with Crippen LogP contribution in [0.1, 0.15) is 72.1 Å². The molecule has 0 aliphatic heterocycles. The highest BCUT2D eigenvalue weighted by atomic mass is 35.5. The second-order valence-electron chi connectivity index (χ2n) is 8.95. The van der Waals surface area contributed by atoms with Crippen LogP contribution in [0, 0.1) is 29.6 Å². The Bertz CT molecular complexity index is 466. The number of rotatable bonds is 7. The summed E-state index contributed by atoms with van der Waals surface area (Å²) in [4.78, 5) is 24.8. The van der Waals surface area contributed by atoms with Crippen LogP contribution in [-0.4, -0.2) is 30.9 Å². The quantitative estimate of drug-likeness (QED) is 0.612. The molecule has 2 saturated carbocycles. The molecule has 158 valence electrons. The lowest BCUT2D eigenvalue weighted by molar-refractivity contribution is -0.130. The minimum Gasteiger partial charge on any atom is -0.354 e. The standard InChI is InChI=1S/C21H39N3O2.ClH/c1-14(2)17-10-9-15(3)11-18(17)21(26)23-13-19(24-20(25)12-22)16-7-5-4-6-8-16;/h14-19H,4-13,22H2,1-3H3,(H,23,26)(H,24,25);1H/t15-,17+,18-,19-;/m1./s1. The van der Waals surface area contributed by atoms with Crippen molar-refractivity contribution in [1.82, 2.24) is 10.6 Å². The lowest BCUT2D eigenvalue weighted by atomic mass is 9.69. The Kier molecular flexibility index (Phi) is 10.7. The van der Waals surface area contributed by atoms with E-state index in [0.29, 0.717) is 30.2 Å². The fourth-order valence-electron chi connectivity index (χ4n) is 4.98. The molecule has 2 amide bonds. The van der Waals surface area contributed by atoms with Gasteiger partial charge in [0.2, 0.25) is 11.8 Å². The highest BCUT2D eigenvalue weighted by molar-refractivity contribution is 5.85. The molecule has 0 aromatic carbocycles. The van der Waals surface area contributed by atoms with Gasteiger partial charge in [-0.15, -0.1) is 12.4 Å². The summed E-state index contributed by atoms with van der Waals surface area (Å²) in [6.45, 7) is 7.25. The minimum absolute atomic E-state index is 0. The van der Waals surface area contributed by atoms with E-state index >= 15 is 0 Å². The van der Waals surface area contributed by atoms with Gasteiger partial charge in [-0.3, -0.25) is 9.59 Å². The molecule has 0 saturated heterocycles. The molecule has 6 heteroatoms. The Balaban J connectivity index is 0.00000364. The lowest BCUT2D eigenvalue weighted by Gasteiger charge is -2.37. The van der Waals surface area contributed by atoms with Crippen LogP contribution in [0.15, 0.2) is 0 Å². The van der Waals surface area contributed by atoms with E-state index in [1.54, 1.807) is 0 Å². The molecular weight excluding hydrogens is 362 g/mol. The number of amides is 2. The molecule has 2 rings (SSSR count). The molecule has 0 spiro atoms. The predicted molar refractivity (Wildman–Crippen MR) is 113 cm³/mol. The number of halogens is 1. The average molecular weight is 402 g/mol. The van der Waals surface area contributed by atoms with Crippen molar-refractivity contribution in [1.29, 1.82) is 0 Å². The fraction of sp³-hybridized carbons (Fsp3) is 0.905. The van der Waals surface area contributed by atoms with Gasteiger partial charge in [-0.2, -0.15) is 0 Å². The SMILES string of the molecule is CC(C)[C@@H]1CC[C@@H](C)C[C@H]1C(=O)NC[C@@H](NC(=O)CN)C1CCCCC1.Cl. The van der Waals surface area contributed by atoms with Gasteiger partial charge in [0.05, 0.1) is 6.54 Å². The van der Waals surface area contributed by atoms with Crippen molar-refractivity contribution in [2.45, 2.75) is 78.2 Å². The molecule has 0 heterocycles. The van der Waals surface area contributed by atoms with Crippen LogP contribution in [0.4, 0.5) is 0 Å². The second kappa shape index (κ2) is 11.9. The van der Waals surface area contributed by atoms with Gasteiger partial charge in [0.15, 0.2) is 0 Å². The van der Waals surface area contributed by atoms with Gasteiger partial charge in [-0.1, -0.05) is 46.5 Å². The maximum Gasteiger partial charge on any atom is 0.234 e. The van der Waals surface area contributed by atoms with E-state index in [1.165, 1.54) is 25.7 Å². The highest BCUT2D eigenvalue weighted by Gasteiger charge is 2.36. The Hall–Kier alpha value is -0.810. The summed E-state index contributed by atoms with van der Waals surface area (Å²) in [5.41, 5.74) is 5.49. The maximum absolute atomic E-state index is 13.0. The number of hydrogen-bond acceptors (Lipinski definition) is 3. The predicted octanol–water partition coefficient (Wildman–Crippen LogP) is 3.26. The molecule has 0 radical (unpaired) electrons. The van der Waals surface area contributed by atoms with Crippen LogP contribution in [0.3, 0.4) is 0 Å². The van der Waals surface area contributed by atoms with E-state index in [9.17, 15) is 9.59 Å². The van der Waals surface area contributed by atoms with Gasteiger partial charge in [-0.05, 0) is 49.4 Å². The summed E-state index contributed by atoms with van der Waals surface area (Å²) >= 11 is 0. The van der Waals surface area contributed by atoms with Crippen LogP contribution in [0.2, 0.25) is 0 Å². The van der Waals surface area contributed by atoms with Crippen molar-refractivity contribution in [2.24, 2.45) is 35.3 Å². The van der Waals surface area contributed by atoms with Gasteiger partial charge in [-0.25, -0.2) is 0 Å². The van der Waals surface area contributed by atoms with Crippen molar-refractivity contribution in [3.05, 3.63) is 0 Å². The summed E-state index contributed by atoms with van der Waals surface area (Å²) < 4.78 is 0. The first kappa shape index (κ1) is 24.2. The molecule has 5 nitrogen and oxygen atoms in total. The first-order valence-electron chi connectivity index (χ1n) is 10.7. The molecule has 4 N–H and O–H groups in total. The second-order valence-corrected chi connectivity index (χ2v) is 8.95. The topological polar surface area (TPSA) is 84.2 Å². The molecular formula is C21H40ClN3O2. The normalized spacial score (nSPS) is 27.5. The van der Waals surface area contributed by atoms with Crippen molar-refractivity contribution in [2.75, 3.05) is 13.1 Å². The zero-order valence-corrected chi connectivity index (χ0v) is 18.2. The van der Waals surface area contributed by atoms with Gasteiger partial charge in [0.25, 0.3) is 0 Å². The van der Waals surface area contributed by atoms with Crippen LogP contribution in [0.5, 0.6) is 0 Å². The molecule has 0 aromatic rings. The van der Waals surface area contributed by atoms with Crippen molar-refractivity contribution >= 4 is 24.2 Å². The van der Waals surface area contributed by atoms with E-state index in [4.69, 9.17) is 5.73 Å². The average Bonchev–Trinajstić information content (AvgIpc) is 2.64. The van der Waals surface area contributed by atoms with Crippen LogP contribution >= 0.6 is 12.4 Å². The van der Waals surface area contributed by atoms with E-state index in [0.717, 1.165) is 25.7 Å². The number of carbonyl (C=O) groups excluding carboxylic acids is 2. The summed E-state index contributed by atoms with van der Waals surface area (Å²) in [7, 11) is 0. The Morgan fingerprint density at radius 3 is 2.33 bits per heavy atom. The molecule has 27 heavy (non-hydrogen) atoms. The number of nitrogens with two attached hydrogens (primary N) is 1. The smallest absolute Gasteiger partial charge is 0.234 e. The summed E-state index contributed by atoms with van der Waals surface area (Å²) in [6.07, 6.45) is 9.30. The van der Waals surface area contributed by atoms with E-state index in [1.807, 2.05) is 0 Å². The minimum atomic E-state index is -0.124. The molecule has 0 bridgehead atoms. The molecule has 0 aromatic heterocycles. The lowest BCUT2D eigenvalue weighted by Crippen LogP contribution is -2.51. The molecule has 0 unspecified atom stereocenters. The largest absolute Gasteiger partial charge is 0.354 e. The Morgan fingerprint density at radius 1 is 1.07 bits per heavy atom.